The van der Waals surface area contributed by atoms with Crippen LogP contribution in [0, 0.1) is 26.7 Å². The van der Waals surface area contributed by atoms with E-state index >= 15 is 0 Å². The van der Waals surface area contributed by atoms with E-state index in [0.29, 0.717) is 12.8 Å². The van der Waals surface area contributed by atoms with Crippen LogP contribution in [0.1, 0.15) is 52.8 Å². The van der Waals surface area contributed by atoms with E-state index in [1.807, 2.05) is 26.1 Å². The number of benzene rings is 1. The number of aryl methyl sites for hydroxylation is 4. The first kappa shape index (κ1) is 17.8. The number of nitrogens with zero attached hydrogens (tertiary/aromatic N) is 1. The zero-order valence-corrected chi connectivity index (χ0v) is 15.5. The number of rotatable bonds is 4. The molecule has 2 aromatic rings. The Kier molecular flexibility index (Phi) is 5.05. The maximum absolute atomic E-state index is 13.0. The van der Waals surface area contributed by atoms with Crippen molar-refractivity contribution in [2.45, 2.75) is 59.0 Å². The number of carbonyl (C=O) groups is 1. The lowest BCUT2D eigenvalue weighted by Crippen LogP contribution is -2.21. The molecule has 1 aliphatic rings. The van der Waals surface area contributed by atoms with E-state index in [2.05, 4.69) is 37.0 Å². The highest BCUT2D eigenvalue weighted by Gasteiger charge is 2.43. The molecule has 3 rings (SSSR count). The number of Topliss-reactive ketones (excluding diaryl/α,β-unsaturated/α-hetero) is 1. The Labute approximate surface area is 150 Å². The summed E-state index contributed by atoms with van der Waals surface area (Å²) >= 11 is 0. The Bertz CT molecular complexity index is 756. The number of hydrogen-bond donors (Lipinski definition) is 1. The van der Waals surface area contributed by atoms with Gasteiger partial charge in [-0.05, 0) is 68.4 Å². The second-order valence-electron chi connectivity index (χ2n) is 7.41. The number of ketones is 1. The van der Waals surface area contributed by atoms with Gasteiger partial charge in [-0.1, -0.05) is 30.7 Å². The standard InChI is InChI=1S/C22H27NO2/c1-5-16-6-7-18(23-12-16)10-17-11-19(24)21(22(17)25)20-14(3)8-13(2)9-15(20)4/h6-9,12,17,19,21,24H,5,10-11H2,1-4H3. The largest absolute Gasteiger partial charge is 0.392 e. The highest BCUT2D eigenvalue weighted by atomic mass is 16.3. The summed E-state index contributed by atoms with van der Waals surface area (Å²) in [4.78, 5) is 17.5. The molecular formula is C22H27NO2. The summed E-state index contributed by atoms with van der Waals surface area (Å²) in [6, 6.07) is 8.28. The molecule has 132 valence electrons. The average molecular weight is 337 g/mol. The van der Waals surface area contributed by atoms with Crippen LogP contribution in [-0.2, 0) is 17.6 Å². The zero-order chi connectivity index (χ0) is 18.1. The minimum atomic E-state index is -0.604. The van der Waals surface area contributed by atoms with Gasteiger partial charge in [-0.15, -0.1) is 0 Å². The average Bonchev–Trinajstić information content (AvgIpc) is 2.82. The van der Waals surface area contributed by atoms with Crippen molar-refractivity contribution in [2.75, 3.05) is 0 Å². The summed E-state index contributed by atoms with van der Waals surface area (Å²) < 4.78 is 0. The number of pyridine rings is 1. The van der Waals surface area contributed by atoms with Gasteiger partial charge in [0.25, 0.3) is 0 Å². The van der Waals surface area contributed by atoms with E-state index in [1.165, 1.54) is 11.1 Å². The SMILES string of the molecule is CCc1ccc(CC2CC(O)C(c3c(C)cc(C)cc3C)C2=O)nc1. The Morgan fingerprint density at radius 2 is 1.84 bits per heavy atom. The molecule has 3 nitrogen and oxygen atoms in total. The van der Waals surface area contributed by atoms with Crippen molar-refractivity contribution in [1.29, 1.82) is 0 Å². The van der Waals surface area contributed by atoms with Gasteiger partial charge in [0.1, 0.15) is 5.78 Å². The number of carbonyl (C=O) groups excluding carboxylic acids is 1. The normalized spacial score (nSPS) is 23.2. The Hall–Kier alpha value is -2.00. The van der Waals surface area contributed by atoms with Gasteiger partial charge in [-0.3, -0.25) is 9.78 Å². The van der Waals surface area contributed by atoms with Gasteiger partial charge < -0.3 is 5.11 Å². The highest BCUT2D eigenvalue weighted by Crippen LogP contribution is 2.39. The van der Waals surface area contributed by atoms with E-state index in [-0.39, 0.29) is 11.7 Å². The fraction of sp³-hybridized carbons (Fsp3) is 0.455. The number of aliphatic hydroxyl groups excluding tert-OH is 1. The second kappa shape index (κ2) is 7.09. The Morgan fingerprint density at radius 1 is 1.16 bits per heavy atom. The molecule has 1 saturated carbocycles. The molecule has 3 atom stereocenters. The Morgan fingerprint density at radius 3 is 2.40 bits per heavy atom. The van der Waals surface area contributed by atoms with Crippen LogP contribution >= 0.6 is 0 Å². The second-order valence-corrected chi connectivity index (χ2v) is 7.41. The fourth-order valence-electron chi connectivity index (χ4n) is 4.23. The summed E-state index contributed by atoms with van der Waals surface area (Å²) in [5.41, 5.74) is 6.53. The molecule has 1 aromatic heterocycles. The molecule has 0 spiro atoms. The monoisotopic (exact) mass is 337 g/mol. The summed E-state index contributed by atoms with van der Waals surface area (Å²) in [7, 11) is 0. The van der Waals surface area contributed by atoms with Gasteiger partial charge in [-0.25, -0.2) is 0 Å². The predicted molar refractivity (Wildman–Crippen MR) is 99.8 cm³/mol. The zero-order valence-electron chi connectivity index (χ0n) is 15.5. The first-order valence-electron chi connectivity index (χ1n) is 9.14. The minimum Gasteiger partial charge on any atom is -0.392 e. The van der Waals surface area contributed by atoms with Crippen LogP contribution in [0.4, 0.5) is 0 Å². The highest BCUT2D eigenvalue weighted by molar-refractivity contribution is 5.91. The molecule has 0 amide bonds. The smallest absolute Gasteiger partial charge is 0.146 e. The van der Waals surface area contributed by atoms with Crippen LogP contribution in [0.15, 0.2) is 30.5 Å². The molecule has 1 aliphatic carbocycles. The lowest BCUT2D eigenvalue weighted by atomic mass is 9.85. The molecule has 0 bridgehead atoms. The van der Waals surface area contributed by atoms with Gasteiger partial charge in [0.2, 0.25) is 0 Å². The molecular weight excluding hydrogens is 310 g/mol. The summed E-state index contributed by atoms with van der Waals surface area (Å²) in [6.45, 7) is 8.23. The quantitative estimate of drug-likeness (QED) is 0.922. The molecule has 1 heterocycles. The molecule has 1 fully saturated rings. The minimum absolute atomic E-state index is 0.153. The maximum Gasteiger partial charge on any atom is 0.146 e. The summed E-state index contributed by atoms with van der Waals surface area (Å²) in [5, 5.41) is 10.6. The number of aromatic nitrogens is 1. The van der Waals surface area contributed by atoms with Crippen molar-refractivity contribution in [3.05, 3.63) is 64.0 Å². The topological polar surface area (TPSA) is 50.2 Å². The van der Waals surface area contributed by atoms with Gasteiger partial charge in [-0.2, -0.15) is 0 Å². The lowest BCUT2D eigenvalue weighted by molar-refractivity contribution is -0.122. The summed E-state index contributed by atoms with van der Waals surface area (Å²) in [6.07, 6.45) is 3.38. The van der Waals surface area contributed by atoms with Crippen molar-refractivity contribution in [3.8, 4) is 0 Å². The van der Waals surface area contributed by atoms with Crippen molar-refractivity contribution >= 4 is 5.78 Å². The number of hydrogen-bond acceptors (Lipinski definition) is 3. The molecule has 1 aromatic carbocycles. The maximum atomic E-state index is 13.0. The van der Waals surface area contributed by atoms with Crippen molar-refractivity contribution in [2.24, 2.45) is 5.92 Å². The third-order valence-electron chi connectivity index (χ3n) is 5.42. The number of aliphatic hydroxyl groups is 1. The molecule has 3 heteroatoms. The molecule has 0 aliphatic heterocycles. The third-order valence-corrected chi connectivity index (χ3v) is 5.42. The van der Waals surface area contributed by atoms with Gasteiger partial charge in [0.15, 0.2) is 0 Å². The van der Waals surface area contributed by atoms with Crippen LogP contribution < -0.4 is 0 Å². The molecule has 3 unspecified atom stereocenters. The summed E-state index contributed by atoms with van der Waals surface area (Å²) in [5.74, 6) is -0.399. The van der Waals surface area contributed by atoms with E-state index < -0.39 is 12.0 Å². The first-order valence-corrected chi connectivity index (χ1v) is 9.14. The molecule has 0 saturated heterocycles. The molecule has 0 radical (unpaired) electrons. The van der Waals surface area contributed by atoms with E-state index in [4.69, 9.17) is 0 Å². The van der Waals surface area contributed by atoms with Crippen molar-refractivity contribution in [3.63, 3.8) is 0 Å². The van der Waals surface area contributed by atoms with Crippen molar-refractivity contribution in [1.82, 2.24) is 4.98 Å². The van der Waals surface area contributed by atoms with Gasteiger partial charge >= 0.3 is 0 Å². The molecule has 25 heavy (non-hydrogen) atoms. The van der Waals surface area contributed by atoms with Crippen LogP contribution in [0.25, 0.3) is 0 Å². The van der Waals surface area contributed by atoms with E-state index in [1.54, 1.807) is 0 Å². The fourth-order valence-corrected chi connectivity index (χ4v) is 4.23. The van der Waals surface area contributed by atoms with Crippen LogP contribution in [-0.4, -0.2) is 22.0 Å². The predicted octanol–water partition coefficient (Wildman–Crippen LogP) is 3.85. The van der Waals surface area contributed by atoms with Crippen molar-refractivity contribution < 1.29 is 9.90 Å². The van der Waals surface area contributed by atoms with Crippen LogP contribution in [0.3, 0.4) is 0 Å². The van der Waals surface area contributed by atoms with Crippen LogP contribution in [0.5, 0.6) is 0 Å². The van der Waals surface area contributed by atoms with Gasteiger partial charge in [0, 0.05) is 17.8 Å². The van der Waals surface area contributed by atoms with E-state index in [9.17, 15) is 9.90 Å². The van der Waals surface area contributed by atoms with E-state index in [0.717, 1.165) is 28.8 Å². The molecule has 1 N–H and O–H groups in total. The third kappa shape index (κ3) is 3.52. The first-order chi connectivity index (χ1) is 11.9. The van der Waals surface area contributed by atoms with Gasteiger partial charge in [0.05, 0.1) is 12.0 Å². The Balaban J connectivity index is 1.84. The lowest BCUT2D eigenvalue weighted by Gasteiger charge is -2.19. The van der Waals surface area contributed by atoms with Crippen LogP contribution in [0.2, 0.25) is 0 Å².